The number of alkyl halides is 3. The third kappa shape index (κ3) is 5.02. The Bertz CT molecular complexity index is 1020. The Hall–Kier alpha value is -2.99. The summed E-state index contributed by atoms with van der Waals surface area (Å²) in [6.07, 6.45) is -2.39. The van der Waals surface area contributed by atoms with Gasteiger partial charge in [0.25, 0.3) is 0 Å². The summed E-state index contributed by atoms with van der Waals surface area (Å²) in [6, 6.07) is 19.0. The molecule has 1 heterocycles. The van der Waals surface area contributed by atoms with E-state index in [1.807, 2.05) is 36.4 Å². The van der Waals surface area contributed by atoms with E-state index >= 15 is 0 Å². The second-order valence-corrected chi connectivity index (χ2v) is 7.63. The van der Waals surface area contributed by atoms with Gasteiger partial charge in [0.05, 0.1) is 12.7 Å². The first-order chi connectivity index (χ1) is 14.9. The van der Waals surface area contributed by atoms with Crippen LogP contribution in [0.1, 0.15) is 23.1 Å². The highest BCUT2D eigenvalue weighted by atomic mass is 19.4. The van der Waals surface area contributed by atoms with Gasteiger partial charge in [-0.1, -0.05) is 42.5 Å². The van der Waals surface area contributed by atoms with Gasteiger partial charge in [-0.2, -0.15) is 13.2 Å². The summed E-state index contributed by atoms with van der Waals surface area (Å²) in [5.74, 6) is 1.58. The van der Waals surface area contributed by atoms with Gasteiger partial charge in [0.15, 0.2) is 11.5 Å². The van der Waals surface area contributed by atoms with Crippen LogP contribution in [-0.4, -0.2) is 19.8 Å². The van der Waals surface area contributed by atoms with Crippen molar-refractivity contribution in [1.29, 1.82) is 0 Å². The minimum absolute atomic E-state index is 0.0573. The summed E-state index contributed by atoms with van der Waals surface area (Å²) in [4.78, 5) is 0. The molecule has 0 aliphatic carbocycles. The molecular weight excluding hydrogens is 403 g/mol. The predicted molar refractivity (Wildman–Crippen MR) is 114 cm³/mol. The van der Waals surface area contributed by atoms with Gasteiger partial charge >= 0.3 is 6.18 Å². The third-order valence-corrected chi connectivity index (χ3v) is 5.47. The van der Waals surface area contributed by atoms with E-state index in [-0.39, 0.29) is 6.10 Å². The third-order valence-electron chi connectivity index (χ3n) is 5.47. The zero-order chi connectivity index (χ0) is 21.8. The molecule has 0 aromatic heterocycles. The van der Waals surface area contributed by atoms with Crippen molar-refractivity contribution in [2.75, 3.05) is 13.7 Å². The average Bonchev–Trinajstić information content (AvgIpc) is 2.78. The highest BCUT2D eigenvalue weighted by Gasteiger charge is 2.30. The fraction of sp³-hybridized carbons (Fsp3) is 0.280. The van der Waals surface area contributed by atoms with Crippen molar-refractivity contribution in [3.8, 4) is 22.6 Å². The molecule has 0 amide bonds. The molecule has 162 valence electrons. The van der Waals surface area contributed by atoms with E-state index < -0.39 is 11.7 Å². The number of para-hydroxylation sites is 1. The Kier molecular flexibility index (Phi) is 6.18. The van der Waals surface area contributed by atoms with Crippen molar-refractivity contribution < 1.29 is 22.6 Å². The zero-order valence-corrected chi connectivity index (χ0v) is 17.2. The van der Waals surface area contributed by atoms with Crippen LogP contribution in [-0.2, 0) is 19.1 Å². The van der Waals surface area contributed by atoms with Crippen LogP contribution < -0.4 is 14.8 Å². The molecule has 3 aromatic rings. The van der Waals surface area contributed by atoms with Gasteiger partial charge in [0.2, 0.25) is 0 Å². The second kappa shape index (κ2) is 9.02. The van der Waals surface area contributed by atoms with Crippen LogP contribution in [0.4, 0.5) is 13.2 Å². The average molecular weight is 427 g/mol. The fourth-order valence-corrected chi connectivity index (χ4v) is 3.83. The Morgan fingerprint density at radius 1 is 1.00 bits per heavy atom. The fourth-order valence-electron chi connectivity index (χ4n) is 3.83. The van der Waals surface area contributed by atoms with Crippen molar-refractivity contribution in [1.82, 2.24) is 5.32 Å². The molecule has 31 heavy (non-hydrogen) atoms. The number of aryl methyl sites for hydroxylation is 1. The number of rotatable bonds is 6. The number of hydrogen-bond acceptors (Lipinski definition) is 3. The highest BCUT2D eigenvalue weighted by molar-refractivity contribution is 5.64. The van der Waals surface area contributed by atoms with Gasteiger partial charge in [0.1, 0.15) is 6.10 Å². The Labute approximate surface area is 179 Å². The topological polar surface area (TPSA) is 30.5 Å². The molecule has 0 radical (unpaired) electrons. The van der Waals surface area contributed by atoms with E-state index in [2.05, 4.69) is 11.4 Å². The van der Waals surface area contributed by atoms with Gasteiger partial charge in [-0.3, -0.25) is 0 Å². The lowest BCUT2D eigenvalue weighted by Crippen LogP contribution is -2.34. The smallest absolute Gasteiger partial charge is 0.416 e. The molecular formula is C25H24F3NO2. The van der Waals surface area contributed by atoms with Crippen LogP contribution in [0.2, 0.25) is 0 Å². The monoisotopic (exact) mass is 427 g/mol. The summed E-state index contributed by atoms with van der Waals surface area (Å²) in [7, 11) is 1.64. The second-order valence-electron chi connectivity index (χ2n) is 7.63. The largest absolute Gasteiger partial charge is 0.493 e. The summed E-state index contributed by atoms with van der Waals surface area (Å²) in [6.45, 7) is 1.34. The molecule has 0 saturated heterocycles. The predicted octanol–water partition coefficient (Wildman–Crippen LogP) is 5.86. The zero-order valence-electron chi connectivity index (χ0n) is 17.2. The van der Waals surface area contributed by atoms with Gasteiger partial charge in [0, 0.05) is 13.1 Å². The molecule has 0 saturated carbocycles. The number of hydrogen-bond donors (Lipinski definition) is 1. The Balaban J connectivity index is 1.36. The van der Waals surface area contributed by atoms with Crippen LogP contribution in [0.15, 0.2) is 66.7 Å². The standard InChI is InChI=1S/C25H24F3NO2/c1-30-23-7-3-5-19-10-13-22(31-24(19)23)16-29-15-17-4-2-6-20(14-17)18-8-11-21(12-9-18)25(26,27)28/h2-9,11-12,14,22,29H,10,13,15-16H2,1H3. The van der Waals surface area contributed by atoms with E-state index in [1.165, 1.54) is 17.7 Å². The normalized spacial score (nSPS) is 15.8. The van der Waals surface area contributed by atoms with Crippen LogP contribution >= 0.6 is 0 Å². The summed E-state index contributed by atoms with van der Waals surface area (Å²) >= 11 is 0. The Morgan fingerprint density at radius 2 is 1.77 bits per heavy atom. The molecule has 3 nitrogen and oxygen atoms in total. The molecule has 1 atom stereocenters. The number of nitrogens with one attached hydrogen (secondary N) is 1. The Morgan fingerprint density at radius 3 is 2.52 bits per heavy atom. The molecule has 3 aromatic carbocycles. The molecule has 0 fully saturated rings. The van der Waals surface area contributed by atoms with E-state index in [0.717, 1.165) is 53.2 Å². The van der Waals surface area contributed by atoms with Crippen LogP contribution in [0.3, 0.4) is 0 Å². The van der Waals surface area contributed by atoms with E-state index in [0.29, 0.717) is 13.1 Å². The van der Waals surface area contributed by atoms with E-state index in [1.54, 1.807) is 7.11 Å². The van der Waals surface area contributed by atoms with Crippen LogP contribution in [0.25, 0.3) is 11.1 Å². The van der Waals surface area contributed by atoms with Crippen molar-refractivity contribution in [3.05, 3.63) is 83.4 Å². The molecule has 4 rings (SSSR count). The van der Waals surface area contributed by atoms with Gasteiger partial charge in [-0.25, -0.2) is 0 Å². The first kappa shape index (κ1) is 21.2. The molecule has 0 spiro atoms. The van der Waals surface area contributed by atoms with Crippen LogP contribution in [0.5, 0.6) is 11.5 Å². The quantitative estimate of drug-likeness (QED) is 0.534. The first-order valence-electron chi connectivity index (χ1n) is 10.2. The SMILES string of the molecule is COc1cccc2c1OC(CNCc1cccc(-c3ccc(C(F)(F)F)cc3)c1)CC2. The lowest BCUT2D eigenvalue weighted by atomic mass is 10.0. The van der Waals surface area contributed by atoms with Crippen LogP contribution in [0, 0.1) is 0 Å². The number of benzene rings is 3. The maximum Gasteiger partial charge on any atom is 0.416 e. The molecule has 1 unspecified atom stereocenters. The lowest BCUT2D eigenvalue weighted by molar-refractivity contribution is -0.137. The van der Waals surface area contributed by atoms with Crippen molar-refractivity contribution >= 4 is 0 Å². The van der Waals surface area contributed by atoms with Gasteiger partial charge < -0.3 is 14.8 Å². The number of halogens is 3. The summed E-state index contributed by atoms with van der Waals surface area (Å²) in [5, 5.41) is 3.43. The summed E-state index contributed by atoms with van der Waals surface area (Å²) < 4.78 is 49.9. The van der Waals surface area contributed by atoms with Gasteiger partial charge in [-0.05, 0) is 59.4 Å². The maximum absolute atomic E-state index is 12.8. The molecule has 6 heteroatoms. The molecule has 0 bridgehead atoms. The summed E-state index contributed by atoms with van der Waals surface area (Å²) in [5.41, 5.74) is 3.24. The first-order valence-corrected chi connectivity index (χ1v) is 10.2. The van der Waals surface area contributed by atoms with Crippen molar-refractivity contribution in [2.45, 2.75) is 31.7 Å². The van der Waals surface area contributed by atoms with Gasteiger partial charge in [-0.15, -0.1) is 0 Å². The molecule has 1 N–H and O–H groups in total. The van der Waals surface area contributed by atoms with Crippen molar-refractivity contribution in [3.63, 3.8) is 0 Å². The maximum atomic E-state index is 12.8. The van der Waals surface area contributed by atoms with E-state index in [9.17, 15) is 13.2 Å². The van der Waals surface area contributed by atoms with Crippen molar-refractivity contribution in [2.24, 2.45) is 0 Å². The lowest BCUT2D eigenvalue weighted by Gasteiger charge is -2.27. The minimum atomic E-state index is -4.32. The van der Waals surface area contributed by atoms with E-state index in [4.69, 9.17) is 9.47 Å². The number of methoxy groups -OCH3 is 1. The molecule has 1 aliphatic heterocycles. The highest BCUT2D eigenvalue weighted by Crippen LogP contribution is 2.36. The number of ether oxygens (including phenoxy) is 2. The number of fused-ring (bicyclic) bond motifs is 1. The molecule has 1 aliphatic rings. The minimum Gasteiger partial charge on any atom is -0.493 e.